The van der Waals surface area contributed by atoms with Crippen LogP contribution < -0.4 is 5.32 Å². The van der Waals surface area contributed by atoms with Crippen LogP contribution in [0.2, 0.25) is 0 Å². The summed E-state index contributed by atoms with van der Waals surface area (Å²) in [5.41, 5.74) is 0. The third kappa shape index (κ3) is 1.40. The van der Waals surface area contributed by atoms with Crippen molar-refractivity contribution in [3.05, 3.63) is 4.48 Å². The predicted molar refractivity (Wildman–Crippen MR) is 59.7 cm³/mol. The Kier molecular flexibility index (Phi) is 2.44. The van der Waals surface area contributed by atoms with E-state index in [9.17, 15) is 5.11 Å². The van der Waals surface area contributed by atoms with Gasteiger partial charge >= 0.3 is 0 Å². The zero-order valence-electron chi connectivity index (χ0n) is 7.65. The van der Waals surface area contributed by atoms with Crippen molar-refractivity contribution >= 4 is 39.5 Å². The molecule has 1 aromatic heterocycles. The lowest BCUT2D eigenvalue weighted by atomic mass is 10.3. The molecule has 0 saturated heterocycles. The maximum absolute atomic E-state index is 9.75. The highest BCUT2D eigenvalue weighted by Crippen LogP contribution is 2.28. The van der Waals surface area contributed by atoms with Crippen LogP contribution in [0.5, 0.6) is 0 Å². The summed E-state index contributed by atoms with van der Waals surface area (Å²) in [6.07, 6.45) is 1.89. The van der Waals surface area contributed by atoms with Gasteiger partial charge in [-0.15, -0.1) is 5.10 Å². The Bertz CT molecular complexity index is 402. The molecule has 0 spiro atoms. The summed E-state index contributed by atoms with van der Waals surface area (Å²) >= 11 is 4.73. The molecule has 0 bridgehead atoms. The van der Waals surface area contributed by atoms with E-state index in [1.54, 1.807) is 0 Å². The number of aliphatic hydroxyl groups excluding tert-OH is 1. The van der Waals surface area contributed by atoms with Crippen molar-refractivity contribution in [2.75, 3.05) is 11.6 Å². The smallest absolute Gasteiger partial charge is 0.230 e. The molecule has 0 radical (unpaired) electrons. The van der Waals surface area contributed by atoms with Gasteiger partial charge in [-0.2, -0.15) is 9.67 Å². The highest BCUT2D eigenvalue weighted by Gasteiger charge is 2.24. The minimum atomic E-state index is 0.0152. The lowest BCUT2D eigenvalue weighted by molar-refractivity contribution is 0.448. The number of halogens is 1. The Balaban J connectivity index is 2.51. The van der Waals surface area contributed by atoms with E-state index in [-0.39, 0.29) is 11.9 Å². The Hall–Kier alpha value is -0.690. The molecule has 1 atom stereocenters. The normalized spacial score (nSPS) is 20.6. The summed E-state index contributed by atoms with van der Waals surface area (Å²) in [5.74, 6) is 0.668. The van der Waals surface area contributed by atoms with Gasteiger partial charge in [-0.25, -0.2) is 0 Å². The Labute approximate surface area is 93.7 Å². The molecule has 0 fully saturated rings. The predicted octanol–water partition coefficient (Wildman–Crippen LogP) is 1.89. The number of hydrogen-bond donors (Lipinski definition) is 2. The number of fused-ring (bicyclic) bond motifs is 1. The maximum Gasteiger partial charge on any atom is 0.230 e. The molecule has 5 nitrogen and oxygen atoms in total. The van der Waals surface area contributed by atoms with Gasteiger partial charge in [0, 0.05) is 0 Å². The lowest BCUT2D eigenvalue weighted by Crippen LogP contribution is -2.25. The fourth-order valence-corrected chi connectivity index (χ4v) is 1.80. The monoisotopic (exact) mass is 276 g/mol. The Morgan fingerprint density at radius 2 is 2.36 bits per heavy atom. The molecule has 76 valence electrons. The molecule has 1 aliphatic rings. The second-order valence-corrected chi connectivity index (χ2v) is 4.50. The summed E-state index contributed by atoms with van der Waals surface area (Å²) in [6, 6.07) is 0.0152. The Morgan fingerprint density at radius 3 is 3.00 bits per heavy atom. The maximum atomic E-state index is 9.75. The van der Waals surface area contributed by atoms with Gasteiger partial charge in [-0.3, -0.25) is 0 Å². The van der Waals surface area contributed by atoms with Crippen LogP contribution in [0.15, 0.2) is 9.64 Å². The SMILES string of the molecule is CSc1nc2n(n1)C(O)=C(Br)[C@@H](C)N2. The van der Waals surface area contributed by atoms with Crippen molar-refractivity contribution in [3.8, 4) is 0 Å². The van der Waals surface area contributed by atoms with Crippen LogP contribution in [0.3, 0.4) is 0 Å². The number of anilines is 1. The van der Waals surface area contributed by atoms with Crippen LogP contribution in [0, 0.1) is 0 Å². The molecule has 0 aromatic carbocycles. The largest absolute Gasteiger partial charge is 0.493 e. The molecule has 0 saturated carbocycles. The number of aliphatic hydroxyl groups is 1. The highest BCUT2D eigenvalue weighted by molar-refractivity contribution is 9.11. The summed E-state index contributed by atoms with van der Waals surface area (Å²) in [7, 11) is 0. The summed E-state index contributed by atoms with van der Waals surface area (Å²) in [6.45, 7) is 1.93. The van der Waals surface area contributed by atoms with E-state index in [0.29, 0.717) is 15.6 Å². The third-order valence-electron chi connectivity index (χ3n) is 1.91. The minimum Gasteiger partial charge on any atom is -0.493 e. The Morgan fingerprint density at radius 1 is 1.64 bits per heavy atom. The molecule has 0 unspecified atom stereocenters. The standard InChI is InChI=1S/C7H9BrN4OS/c1-3-4(8)5(13)12-6(9-3)10-7(11-12)14-2/h3,13H,1-2H3,(H,9,10,11)/t3-/m1/s1. The van der Waals surface area contributed by atoms with Crippen LogP contribution in [0.1, 0.15) is 6.92 Å². The van der Waals surface area contributed by atoms with E-state index in [4.69, 9.17) is 0 Å². The van der Waals surface area contributed by atoms with E-state index in [1.807, 2.05) is 13.2 Å². The van der Waals surface area contributed by atoms with Gasteiger partial charge in [0.05, 0.1) is 10.5 Å². The van der Waals surface area contributed by atoms with Gasteiger partial charge in [0.1, 0.15) is 0 Å². The van der Waals surface area contributed by atoms with Gasteiger partial charge in [0.2, 0.25) is 17.0 Å². The summed E-state index contributed by atoms with van der Waals surface area (Å²) < 4.78 is 2.07. The first-order valence-electron chi connectivity index (χ1n) is 4.00. The third-order valence-corrected chi connectivity index (χ3v) is 3.49. The van der Waals surface area contributed by atoms with Crippen molar-refractivity contribution in [3.63, 3.8) is 0 Å². The molecule has 1 aromatic rings. The van der Waals surface area contributed by atoms with E-state index >= 15 is 0 Å². The van der Waals surface area contributed by atoms with E-state index < -0.39 is 0 Å². The first-order valence-corrected chi connectivity index (χ1v) is 6.02. The van der Waals surface area contributed by atoms with Crippen LogP contribution in [0.25, 0.3) is 5.88 Å². The topological polar surface area (TPSA) is 63.0 Å². The van der Waals surface area contributed by atoms with Crippen molar-refractivity contribution in [1.29, 1.82) is 0 Å². The van der Waals surface area contributed by atoms with Crippen molar-refractivity contribution in [1.82, 2.24) is 14.8 Å². The molecule has 14 heavy (non-hydrogen) atoms. The fraction of sp³-hybridized carbons (Fsp3) is 0.429. The van der Waals surface area contributed by atoms with E-state index in [0.717, 1.165) is 0 Å². The number of nitrogens with one attached hydrogen (secondary N) is 1. The molecular weight excluding hydrogens is 268 g/mol. The number of nitrogens with zero attached hydrogens (tertiary/aromatic N) is 3. The molecule has 0 amide bonds. The molecule has 7 heteroatoms. The van der Waals surface area contributed by atoms with Crippen LogP contribution >= 0.6 is 27.7 Å². The zero-order chi connectivity index (χ0) is 10.3. The lowest BCUT2D eigenvalue weighted by Gasteiger charge is -2.20. The number of aromatic nitrogens is 3. The average Bonchev–Trinajstić information content (AvgIpc) is 2.57. The molecular formula is C7H9BrN4OS. The van der Waals surface area contributed by atoms with Gasteiger partial charge in [-0.1, -0.05) is 11.8 Å². The first kappa shape index (κ1) is 9.85. The molecule has 2 heterocycles. The van der Waals surface area contributed by atoms with Gasteiger partial charge in [0.15, 0.2) is 0 Å². The number of rotatable bonds is 1. The second kappa shape index (κ2) is 3.47. The number of hydrogen-bond acceptors (Lipinski definition) is 5. The van der Waals surface area contributed by atoms with Gasteiger partial charge < -0.3 is 10.4 Å². The van der Waals surface area contributed by atoms with Crippen molar-refractivity contribution < 1.29 is 5.11 Å². The highest BCUT2D eigenvalue weighted by atomic mass is 79.9. The van der Waals surface area contributed by atoms with Gasteiger partial charge in [-0.05, 0) is 29.1 Å². The average molecular weight is 277 g/mol. The van der Waals surface area contributed by atoms with Crippen LogP contribution in [-0.4, -0.2) is 32.2 Å². The second-order valence-electron chi connectivity index (χ2n) is 2.87. The summed E-state index contributed by atoms with van der Waals surface area (Å²) in [4.78, 5) is 4.19. The first-order chi connectivity index (χ1) is 6.63. The minimum absolute atomic E-state index is 0.0152. The van der Waals surface area contributed by atoms with E-state index in [2.05, 4.69) is 31.3 Å². The summed E-state index contributed by atoms with van der Waals surface area (Å²) in [5, 5.41) is 17.6. The molecule has 0 aliphatic carbocycles. The molecule has 2 N–H and O–H groups in total. The molecule has 1 aliphatic heterocycles. The van der Waals surface area contributed by atoms with Crippen LogP contribution in [-0.2, 0) is 0 Å². The van der Waals surface area contributed by atoms with Gasteiger partial charge in [0.25, 0.3) is 0 Å². The molecule has 2 rings (SSSR count). The quantitative estimate of drug-likeness (QED) is 0.767. The fourth-order valence-electron chi connectivity index (χ4n) is 1.17. The van der Waals surface area contributed by atoms with E-state index in [1.165, 1.54) is 16.4 Å². The number of thioether (sulfide) groups is 1. The van der Waals surface area contributed by atoms with Crippen LogP contribution in [0.4, 0.5) is 5.95 Å². The van der Waals surface area contributed by atoms with Crippen molar-refractivity contribution in [2.45, 2.75) is 18.1 Å². The zero-order valence-corrected chi connectivity index (χ0v) is 10.1. The van der Waals surface area contributed by atoms with Crippen molar-refractivity contribution in [2.24, 2.45) is 0 Å².